The van der Waals surface area contributed by atoms with Gasteiger partial charge in [0.1, 0.15) is 0 Å². The second kappa shape index (κ2) is 4.74. The number of thiocarbonyl (C=S) groups is 1. The highest BCUT2D eigenvalue weighted by Gasteiger charge is 1.84. The smallest absolute Gasteiger partial charge is 0.170 e. The van der Waals surface area contributed by atoms with E-state index in [9.17, 15) is 0 Å². The van der Waals surface area contributed by atoms with Crippen LogP contribution in [0.15, 0.2) is 12.7 Å². The first kappa shape index (κ1) is 7.59. The summed E-state index contributed by atoms with van der Waals surface area (Å²) in [4.78, 5) is 0. The number of nitrogens with one attached hydrogen (secondary N) is 1. The highest BCUT2D eigenvalue weighted by Crippen LogP contribution is 1.65. The van der Waals surface area contributed by atoms with Crippen LogP contribution in [0, 0.1) is 0 Å². The van der Waals surface area contributed by atoms with E-state index >= 15 is 0 Å². The van der Waals surface area contributed by atoms with E-state index in [0.29, 0.717) is 13.1 Å². The highest BCUT2D eigenvalue weighted by atomic mass is 32.1. The van der Waals surface area contributed by atoms with Crippen LogP contribution >= 0.6 is 12.2 Å². The SMILES string of the molecule is C=CCNCC(O)=S. The minimum atomic E-state index is -0.00755. The zero-order chi connectivity index (χ0) is 6.41. The minimum absolute atomic E-state index is 0.00755. The molecule has 3 heteroatoms. The normalized spacial score (nSPS) is 8.50. The molecule has 0 unspecified atom stereocenters. The van der Waals surface area contributed by atoms with Crippen molar-refractivity contribution in [2.75, 3.05) is 13.1 Å². The molecule has 0 aromatic heterocycles. The van der Waals surface area contributed by atoms with E-state index in [1.54, 1.807) is 6.08 Å². The van der Waals surface area contributed by atoms with Gasteiger partial charge in [0.05, 0.1) is 6.54 Å². The molecule has 0 aliphatic heterocycles. The Balaban J connectivity index is 2.93. The summed E-state index contributed by atoms with van der Waals surface area (Å²) in [6.45, 7) is 4.53. The molecule has 0 aliphatic rings. The van der Waals surface area contributed by atoms with Crippen LogP contribution in [0.2, 0.25) is 0 Å². The third-order valence-electron chi connectivity index (χ3n) is 0.565. The van der Waals surface area contributed by atoms with Crippen molar-refractivity contribution < 1.29 is 5.11 Å². The molecule has 2 nitrogen and oxygen atoms in total. The summed E-state index contributed by atoms with van der Waals surface area (Å²) in [5.41, 5.74) is 0. The lowest BCUT2D eigenvalue weighted by Crippen LogP contribution is -2.20. The number of rotatable bonds is 4. The zero-order valence-corrected chi connectivity index (χ0v) is 5.37. The van der Waals surface area contributed by atoms with Gasteiger partial charge in [0.2, 0.25) is 0 Å². The van der Waals surface area contributed by atoms with E-state index in [0.717, 1.165) is 0 Å². The second-order valence-corrected chi connectivity index (χ2v) is 1.78. The number of hydrogen-bond acceptors (Lipinski definition) is 2. The van der Waals surface area contributed by atoms with Crippen LogP contribution in [0.25, 0.3) is 0 Å². The molecule has 0 aromatic rings. The van der Waals surface area contributed by atoms with Gasteiger partial charge in [0, 0.05) is 6.54 Å². The Hall–Kier alpha value is -0.410. The van der Waals surface area contributed by atoms with Crippen LogP contribution in [0.4, 0.5) is 0 Å². The van der Waals surface area contributed by atoms with Gasteiger partial charge in [0.25, 0.3) is 0 Å². The van der Waals surface area contributed by atoms with E-state index in [-0.39, 0.29) is 5.05 Å². The quantitative estimate of drug-likeness (QED) is 0.334. The maximum Gasteiger partial charge on any atom is 0.170 e. The molecule has 0 aromatic carbocycles. The lowest BCUT2D eigenvalue weighted by Gasteiger charge is -1.94. The number of hydrogen-bond donors (Lipinski definition) is 2. The Bertz CT molecular complexity index is 92.4. The predicted octanol–water partition coefficient (Wildman–Crippen LogP) is 0.647. The van der Waals surface area contributed by atoms with Gasteiger partial charge in [0.15, 0.2) is 5.05 Å². The molecule has 0 atom stereocenters. The van der Waals surface area contributed by atoms with Crippen LogP contribution < -0.4 is 5.32 Å². The fraction of sp³-hybridized carbons (Fsp3) is 0.400. The molecule has 2 N–H and O–H groups in total. The Morgan fingerprint density at radius 1 is 1.88 bits per heavy atom. The molecule has 0 saturated carbocycles. The van der Waals surface area contributed by atoms with Crippen molar-refractivity contribution in [3.05, 3.63) is 12.7 Å². The van der Waals surface area contributed by atoms with Gasteiger partial charge < -0.3 is 10.4 Å². The Kier molecular flexibility index (Phi) is 4.50. The van der Waals surface area contributed by atoms with E-state index in [1.165, 1.54) is 0 Å². The lowest BCUT2D eigenvalue weighted by atomic mass is 10.6. The van der Waals surface area contributed by atoms with Crippen molar-refractivity contribution in [3.8, 4) is 0 Å². The molecule has 0 fully saturated rings. The van der Waals surface area contributed by atoms with Crippen molar-refractivity contribution in [1.29, 1.82) is 0 Å². The Morgan fingerprint density at radius 2 is 2.50 bits per heavy atom. The van der Waals surface area contributed by atoms with E-state index in [2.05, 4.69) is 24.1 Å². The maximum absolute atomic E-state index is 8.41. The molecular weight excluding hydrogens is 122 g/mol. The van der Waals surface area contributed by atoms with Crippen LogP contribution in [0.5, 0.6) is 0 Å². The minimum Gasteiger partial charge on any atom is -0.501 e. The van der Waals surface area contributed by atoms with Crippen LogP contribution in [-0.2, 0) is 0 Å². The van der Waals surface area contributed by atoms with E-state index in [4.69, 9.17) is 5.11 Å². The number of aliphatic hydroxyl groups excluding tert-OH is 1. The molecule has 0 saturated heterocycles. The van der Waals surface area contributed by atoms with Crippen molar-refractivity contribution in [3.63, 3.8) is 0 Å². The Labute approximate surface area is 54.2 Å². The fourth-order valence-electron chi connectivity index (χ4n) is 0.281. The zero-order valence-electron chi connectivity index (χ0n) is 4.55. The molecular formula is C5H9NOS. The van der Waals surface area contributed by atoms with Gasteiger partial charge in [-0.25, -0.2) is 0 Å². The van der Waals surface area contributed by atoms with Crippen molar-refractivity contribution in [2.24, 2.45) is 0 Å². The van der Waals surface area contributed by atoms with Gasteiger partial charge in [-0.2, -0.15) is 0 Å². The van der Waals surface area contributed by atoms with Crippen LogP contribution in [0.3, 0.4) is 0 Å². The average molecular weight is 131 g/mol. The van der Waals surface area contributed by atoms with Gasteiger partial charge in [-0.15, -0.1) is 6.58 Å². The fourth-order valence-corrected chi connectivity index (χ4v) is 0.383. The molecule has 0 bridgehead atoms. The first-order valence-corrected chi connectivity index (χ1v) is 2.71. The monoisotopic (exact) mass is 131 g/mol. The van der Waals surface area contributed by atoms with Crippen LogP contribution in [0.1, 0.15) is 0 Å². The third-order valence-corrected chi connectivity index (χ3v) is 0.709. The van der Waals surface area contributed by atoms with Gasteiger partial charge in [-0.3, -0.25) is 0 Å². The van der Waals surface area contributed by atoms with E-state index < -0.39 is 0 Å². The first-order chi connectivity index (χ1) is 3.77. The summed E-state index contributed by atoms with van der Waals surface area (Å²) in [5, 5.41) is 11.2. The number of aliphatic hydroxyl groups is 1. The largest absolute Gasteiger partial charge is 0.501 e. The van der Waals surface area contributed by atoms with E-state index in [1.807, 2.05) is 0 Å². The van der Waals surface area contributed by atoms with Gasteiger partial charge in [-0.1, -0.05) is 6.08 Å². The molecule has 46 valence electrons. The van der Waals surface area contributed by atoms with Gasteiger partial charge >= 0.3 is 0 Å². The van der Waals surface area contributed by atoms with Gasteiger partial charge in [-0.05, 0) is 12.2 Å². The summed E-state index contributed by atoms with van der Waals surface area (Å²) in [6.07, 6.45) is 1.71. The van der Waals surface area contributed by atoms with Crippen molar-refractivity contribution in [2.45, 2.75) is 0 Å². The topological polar surface area (TPSA) is 32.3 Å². The summed E-state index contributed by atoms with van der Waals surface area (Å²) in [6, 6.07) is 0. The van der Waals surface area contributed by atoms with Crippen molar-refractivity contribution >= 4 is 17.3 Å². The molecule has 0 aliphatic carbocycles. The molecule has 0 heterocycles. The Morgan fingerprint density at radius 3 is 2.88 bits per heavy atom. The maximum atomic E-state index is 8.41. The summed E-state index contributed by atoms with van der Waals surface area (Å²) in [7, 11) is 0. The van der Waals surface area contributed by atoms with Crippen molar-refractivity contribution in [1.82, 2.24) is 5.32 Å². The molecule has 0 amide bonds. The molecule has 0 radical (unpaired) electrons. The molecule has 0 rings (SSSR count). The summed E-state index contributed by atoms with van der Waals surface area (Å²) < 4.78 is 0. The standard InChI is InChI=1S/C5H9NOS/c1-2-3-6-4-5(7)8/h2,6H,1,3-4H2,(H,7,8). The average Bonchev–Trinajstić information content (AvgIpc) is 1.66. The van der Waals surface area contributed by atoms with Crippen LogP contribution in [-0.4, -0.2) is 23.2 Å². The molecule has 0 spiro atoms. The molecule has 8 heavy (non-hydrogen) atoms. The second-order valence-electron chi connectivity index (χ2n) is 1.31. The highest BCUT2D eigenvalue weighted by molar-refractivity contribution is 7.80. The lowest BCUT2D eigenvalue weighted by molar-refractivity contribution is 0.547. The summed E-state index contributed by atoms with van der Waals surface area (Å²) >= 11 is 4.37. The summed E-state index contributed by atoms with van der Waals surface area (Å²) in [5.74, 6) is 0. The predicted molar refractivity (Wildman–Crippen MR) is 38.3 cm³/mol. The first-order valence-electron chi connectivity index (χ1n) is 2.30. The third kappa shape index (κ3) is 5.59.